The molecule has 0 saturated carbocycles. The number of benzene rings is 2. The van der Waals surface area contributed by atoms with Crippen molar-refractivity contribution in [3.8, 4) is 0 Å². The summed E-state index contributed by atoms with van der Waals surface area (Å²) >= 11 is 0. The van der Waals surface area contributed by atoms with Crippen molar-refractivity contribution in [2.24, 2.45) is 5.73 Å². The molecule has 0 amide bonds. The summed E-state index contributed by atoms with van der Waals surface area (Å²) in [4.78, 5) is 0. The lowest BCUT2D eigenvalue weighted by Crippen LogP contribution is -2.28. The van der Waals surface area contributed by atoms with Gasteiger partial charge in [0.2, 0.25) is 0 Å². The first-order valence-electron chi connectivity index (χ1n) is 5.20. The molecule has 4 heteroatoms. The maximum atomic E-state index is 12.5. The van der Waals surface area contributed by atoms with E-state index in [0.29, 0.717) is 0 Å². The van der Waals surface area contributed by atoms with Crippen molar-refractivity contribution in [3.05, 3.63) is 47.5 Å². The second-order valence-electron chi connectivity index (χ2n) is 4.13. The molecule has 0 unspecified atom stereocenters. The number of nitrogens with two attached hydrogens (primary N) is 1. The predicted molar refractivity (Wildman–Crippen MR) is 61.7 cm³/mol. The minimum absolute atomic E-state index is 0.0931. The molecule has 2 aromatic rings. The number of hydrogen-bond acceptors (Lipinski definition) is 1. The fourth-order valence-corrected chi connectivity index (χ4v) is 1.77. The molecular formula is C13H12F3N. The largest absolute Gasteiger partial charge is 0.407 e. The summed E-state index contributed by atoms with van der Waals surface area (Å²) in [5, 5.41) is 1.69. The normalized spacial score (nSPS) is 13.9. The van der Waals surface area contributed by atoms with Gasteiger partial charge in [0.05, 0.1) is 0 Å². The van der Waals surface area contributed by atoms with Crippen LogP contribution in [0.15, 0.2) is 36.4 Å². The first kappa shape index (κ1) is 11.9. The average molecular weight is 239 g/mol. The number of alkyl halides is 3. The second kappa shape index (κ2) is 4.04. The zero-order valence-electron chi connectivity index (χ0n) is 9.25. The van der Waals surface area contributed by atoms with Crippen LogP contribution in [0.1, 0.15) is 17.2 Å². The van der Waals surface area contributed by atoms with Gasteiger partial charge in [-0.2, -0.15) is 13.2 Å². The van der Waals surface area contributed by atoms with Crippen LogP contribution in [-0.4, -0.2) is 6.18 Å². The van der Waals surface area contributed by atoms with Gasteiger partial charge in [-0.3, -0.25) is 0 Å². The van der Waals surface area contributed by atoms with Crippen molar-refractivity contribution in [2.45, 2.75) is 19.1 Å². The maximum absolute atomic E-state index is 12.5. The predicted octanol–water partition coefficient (Wildman–Crippen LogP) is 3.71. The van der Waals surface area contributed by atoms with Gasteiger partial charge in [-0.05, 0) is 29.3 Å². The molecule has 0 radical (unpaired) electrons. The Hall–Kier alpha value is -1.55. The van der Waals surface area contributed by atoms with Crippen LogP contribution >= 0.6 is 0 Å². The molecule has 2 rings (SSSR count). The molecule has 0 bridgehead atoms. The van der Waals surface area contributed by atoms with Gasteiger partial charge in [0, 0.05) is 0 Å². The number of halogens is 3. The van der Waals surface area contributed by atoms with Crippen molar-refractivity contribution < 1.29 is 13.2 Å². The van der Waals surface area contributed by atoms with E-state index in [1.807, 2.05) is 25.1 Å². The molecule has 1 nitrogen and oxygen atoms in total. The smallest absolute Gasteiger partial charge is 0.316 e. The molecule has 90 valence electrons. The molecule has 0 saturated heterocycles. The third-order valence-corrected chi connectivity index (χ3v) is 2.73. The minimum atomic E-state index is -4.41. The Morgan fingerprint density at radius 3 is 2.29 bits per heavy atom. The Morgan fingerprint density at radius 1 is 1.00 bits per heavy atom. The van der Waals surface area contributed by atoms with E-state index in [-0.39, 0.29) is 5.56 Å². The van der Waals surface area contributed by atoms with Gasteiger partial charge in [-0.25, -0.2) is 0 Å². The quantitative estimate of drug-likeness (QED) is 0.806. The van der Waals surface area contributed by atoms with Gasteiger partial charge >= 0.3 is 6.18 Å². The first-order chi connectivity index (χ1) is 7.88. The average Bonchev–Trinajstić information content (AvgIpc) is 2.25. The highest BCUT2D eigenvalue weighted by atomic mass is 19.4. The molecule has 2 aromatic carbocycles. The Kier molecular flexibility index (Phi) is 2.83. The van der Waals surface area contributed by atoms with E-state index < -0.39 is 12.2 Å². The summed E-state index contributed by atoms with van der Waals surface area (Å²) in [5.41, 5.74) is 6.28. The Bertz CT molecular complexity index is 546. The molecule has 0 aliphatic carbocycles. The van der Waals surface area contributed by atoms with Crippen LogP contribution in [0.3, 0.4) is 0 Å². The molecule has 1 atom stereocenters. The minimum Gasteiger partial charge on any atom is -0.316 e. The highest BCUT2D eigenvalue weighted by Crippen LogP contribution is 2.31. The molecule has 0 aliphatic rings. The number of rotatable bonds is 1. The van der Waals surface area contributed by atoms with Gasteiger partial charge in [0.25, 0.3) is 0 Å². The van der Waals surface area contributed by atoms with Gasteiger partial charge in [0.1, 0.15) is 6.04 Å². The summed E-state index contributed by atoms with van der Waals surface area (Å²) in [6.45, 7) is 1.90. The van der Waals surface area contributed by atoms with E-state index in [9.17, 15) is 13.2 Å². The van der Waals surface area contributed by atoms with Crippen LogP contribution in [0, 0.1) is 6.92 Å². The van der Waals surface area contributed by atoms with Crippen LogP contribution < -0.4 is 5.73 Å². The molecular weight excluding hydrogens is 227 g/mol. The molecule has 0 aliphatic heterocycles. The molecule has 0 fully saturated rings. The number of aryl methyl sites for hydroxylation is 1. The SMILES string of the molecule is Cc1ccc2ccc([C@H](N)C(F)(F)F)cc2c1. The van der Waals surface area contributed by atoms with E-state index in [1.54, 1.807) is 6.07 Å². The molecule has 0 heterocycles. The zero-order valence-corrected chi connectivity index (χ0v) is 9.25. The standard InChI is InChI=1S/C13H12F3N/c1-8-2-3-9-4-5-10(7-11(9)6-8)12(17)13(14,15)16/h2-7,12H,17H2,1H3/t12-/m0/s1. The molecule has 0 aromatic heterocycles. The van der Waals surface area contributed by atoms with Crippen molar-refractivity contribution in [2.75, 3.05) is 0 Å². The van der Waals surface area contributed by atoms with Crippen molar-refractivity contribution in [3.63, 3.8) is 0 Å². The van der Waals surface area contributed by atoms with Crippen LogP contribution in [0.5, 0.6) is 0 Å². The second-order valence-corrected chi connectivity index (χ2v) is 4.13. The van der Waals surface area contributed by atoms with Crippen molar-refractivity contribution >= 4 is 10.8 Å². The fraction of sp³-hybridized carbons (Fsp3) is 0.231. The fourth-order valence-electron chi connectivity index (χ4n) is 1.77. The van der Waals surface area contributed by atoms with E-state index in [1.165, 1.54) is 12.1 Å². The summed E-state index contributed by atoms with van der Waals surface area (Å²) in [5.74, 6) is 0. The van der Waals surface area contributed by atoms with Crippen molar-refractivity contribution in [1.29, 1.82) is 0 Å². The molecule has 17 heavy (non-hydrogen) atoms. The third kappa shape index (κ3) is 2.42. The van der Waals surface area contributed by atoms with Gasteiger partial charge in [0.15, 0.2) is 0 Å². The number of fused-ring (bicyclic) bond motifs is 1. The van der Waals surface area contributed by atoms with E-state index in [4.69, 9.17) is 5.73 Å². The Labute approximate surface area is 97.0 Å². The van der Waals surface area contributed by atoms with Gasteiger partial charge in [-0.1, -0.05) is 35.9 Å². The van der Waals surface area contributed by atoms with Gasteiger partial charge < -0.3 is 5.73 Å². The van der Waals surface area contributed by atoms with E-state index >= 15 is 0 Å². The zero-order chi connectivity index (χ0) is 12.6. The monoisotopic (exact) mass is 239 g/mol. The van der Waals surface area contributed by atoms with E-state index in [0.717, 1.165) is 16.3 Å². The molecule has 0 spiro atoms. The third-order valence-electron chi connectivity index (χ3n) is 2.73. The maximum Gasteiger partial charge on any atom is 0.407 e. The summed E-state index contributed by atoms with van der Waals surface area (Å²) in [6.07, 6.45) is -4.41. The topological polar surface area (TPSA) is 26.0 Å². The van der Waals surface area contributed by atoms with Crippen LogP contribution in [-0.2, 0) is 0 Å². The van der Waals surface area contributed by atoms with Crippen LogP contribution in [0.25, 0.3) is 10.8 Å². The highest BCUT2D eigenvalue weighted by Gasteiger charge is 2.37. The Balaban J connectivity index is 2.50. The summed E-state index contributed by atoms with van der Waals surface area (Å²) in [6, 6.07) is 8.32. The van der Waals surface area contributed by atoms with E-state index in [2.05, 4.69) is 0 Å². The summed E-state index contributed by atoms with van der Waals surface area (Å²) < 4.78 is 37.5. The van der Waals surface area contributed by atoms with Crippen molar-refractivity contribution in [1.82, 2.24) is 0 Å². The highest BCUT2D eigenvalue weighted by molar-refractivity contribution is 5.83. The Morgan fingerprint density at radius 2 is 1.65 bits per heavy atom. The lowest BCUT2D eigenvalue weighted by molar-refractivity contribution is -0.149. The lowest BCUT2D eigenvalue weighted by Gasteiger charge is -2.16. The summed E-state index contributed by atoms with van der Waals surface area (Å²) in [7, 11) is 0. The van der Waals surface area contributed by atoms with Crippen LogP contribution in [0.2, 0.25) is 0 Å². The first-order valence-corrected chi connectivity index (χ1v) is 5.20. The lowest BCUT2D eigenvalue weighted by atomic mass is 10.0. The molecule has 2 N–H and O–H groups in total. The van der Waals surface area contributed by atoms with Crippen LogP contribution in [0.4, 0.5) is 13.2 Å². The number of hydrogen-bond donors (Lipinski definition) is 1. The van der Waals surface area contributed by atoms with Gasteiger partial charge in [-0.15, -0.1) is 0 Å².